The number of anilines is 1. The number of aromatic nitrogens is 2. The van der Waals surface area contributed by atoms with Crippen molar-refractivity contribution >= 4 is 35.0 Å². The third-order valence-corrected chi connectivity index (χ3v) is 8.18. The van der Waals surface area contributed by atoms with Crippen LogP contribution in [-0.4, -0.2) is 87.6 Å². The van der Waals surface area contributed by atoms with Gasteiger partial charge in [0.1, 0.15) is 23.2 Å². The Morgan fingerprint density at radius 3 is 2.44 bits per heavy atom. The van der Waals surface area contributed by atoms with Gasteiger partial charge in [0.2, 0.25) is 17.7 Å². The molecule has 1 aliphatic heterocycles. The summed E-state index contributed by atoms with van der Waals surface area (Å²) in [5, 5.41) is 8.59. The van der Waals surface area contributed by atoms with Crippen molar-refractivity contribution in [1.82, 2.24) is 29.8 Å². The molecule has 4 amide bonds. The summed E-state index contributed by atoms with van der Waals surface area (Å²) in [7, 11) is 1.69. The van der Waals surface area contributed by atoms with Gasteiger partial charge in [-0.15, -0.1) is 0 Å². The van der Waals surface area contributed by atoms with Gasteiger partial charge < -0.3 is 30.2 Å². The van der Waals surface area contributed by atoms with Crippen LogP contribution >= 0.6 is 0 Å². The number of carbonyl (C=O) groups excluding carboxylic acids is 4. The average Bonchev–Trinajstić information content (AvgIpc) is 3.63. The molecule has 4 rings (SSSR count). The number of hydrogen-bond donors (Lipinski definition) is 3. The maximum absolute atomic E-state index is 14.0. The smallest absolute Gasteiger partial charge is 0.274 e. The van der Waals surface area contributed by atoms with E-state index in [1.54, 1.807) is 64.8 Å². The van der Waals surface area contributed by atoms with Gasteiger partial charge in [0.15, 0.2) is 0 Å². The molecule has 1 aliphatic rings. The zero-order valence-electron chi connectivity index (χ0n) is 26.9. The second kappa shape index (κ2) is 14.2. The molecule has 3 N–H and O–H groups in total. The first-order valence-corrected chi connectivity index (χ1v) is 15.3. The van der Waals surface area contributed by atoms with Crippen molar-refractivity contribution in [3.8, 4) is 0 Å². The van der Waals surface area contributed by atoms with Crippen molar-refractivity contribution in [2.45, 2.75) is 72.0 Å². The largest absolute Gasteiger partial charge is 0.342 e. The van der Waals surface area contributed by atoms with Crippen LogP contribution in [0.15, 0.2) is 48.8 Å². The SMILES string of the molecule is CN[C@@H](C)C(=O)N[C@H](C(=O)N1CCC[C@H]1CN(CCc1ccc(F)cc1)C(=O)c1cn2cc(NC(C)=O)ccc2n1)C(C)(C)C. The molecule has 0 aliphatic carbocycles. The number of fused-ring (bicyclic) bond motifs is 1. The fourth-order valence-corrected chi connectivity index (χ4v) is 5.51. The van der Waals surface area contributed by atoms with E-state index in [1.165, 1.54) is 19.1 Å². The van der Waals surface area contributed by atoms with Crippen LogP contribution in [0.4, 0.5) is 10.1 Å². The number of amides is 4. The number of likely N-dealkylation sites (tertiary alicyclic amines) is 1. The van der Waals surface area contributed by atoms with Crippen LogP contribution in [0, 0.1) is 11.2 Å². The number of pyridine rings is 1. The van der Waals surface area contributed by atoms with Crippen LogP contribution in [0.3, 0.4) is 0 Å². The molecule has 2 aromatic heterocycles. The van der Waals surface area contributed by atoms with E-state index in [4.69, 9.17) is 0 Å². The Kier molecular flexibility index (Phi) is 10.6. The van der Waals surface area contributed by atoms with E-state index >= 15 is 0 Å². The molecule has 0 bridgehead atoms. The second-order valence-corrected chi connectivity index (χ2v) is 12.8. The number of rotatable bonds is 11. The predicted molar refractivity (Wildman–Crippen MR) is 170 cm³/mol. The fourth-order valence-electron chi connectivity index (χ4n) is 5.51. The van der Waals surface area contributed by atoms with Gasteiger partial charge in [-0.3, -0.25) is 19.2 Å². The molecule has 0 unspecified atom stereocenters. The summed E-state index contributed by atoms with van der Waals surface area (Å²) in [5.41, 5.74) is 1.67. The molecular weight excluding hydrogens is 577 g/mol. The Labute approximate surface area is 263 Å². The summed E-state index contributed by atoms with van der Waals surface area (Å²) in [6, 6.07) is 8.14. The average molecular weight is 622 g/mol. The summed E-state index contributed by atoms with van der Waals surface area (Å²) in [4.78, 5) is 60.4. The highest BCUT2D eigenvalue weighted by molar-refractivity contribution is 5.94. The molecular formula is C33H44FN7O4. The molecule has 1 aromatic carbocycles. The Hall–Kier alpha value is -4.32. The van der Waals surface area contributed by atoms with E-state index in [-0.39, 0.29) is 47.7 Å². The summed E-state index contributed by atoms with van der Waals surface area (Å²) < 4.78 is 15.2. The zero-order chi connectivity index (χ0) is 32.9. The highest BCUT2D eigenvalue weighted by atomic mass is 19.1. The van der Waals surface area contributed by atoms with Crippen LogP contribution in [0.2, 0.25) is 0 Å². The summed E-state index contributed by atoms with van der Waals surface area (Å²) in [6.45, 7) is 10.0. The third-order valence-electron chi connectivity index (χ3n) is 8.18. The molecule has 242 valence electrons. The van der Waals surface area contributed by atoms with Gasteiger partial charge >= 0.3 is 0 Å². The number of carbonyl (C=O) groups is 4. The molecule has 1 saturated heterocycles. The molecule has 0 radical (unpaired) electrons. The number of halogens is 1. The molecule has 11 nitrogen and oxygen atoms in total. The Balaban J connectivity index is 1.59. The molecule has 0 spiro atoms. The predicted octanol–water partition coefficient (Wildman–Crippen LogP) is 3.25. The normalized spacial score (nSPS) is 16.3. The number of nitrogens with zero attached hydrogens (tertiary/aromatic N) is 4. The lowest BCUT2D eigenvalue weighted by atomic mass is 9.85. The first-order chi connectivity index (χ1) is 21.3. The molecule has 3 aromatic rings. The number of nitrogens with one attached hydrogen (secondary N) is 3. The van der Waals surface area contributed by atoms with Crippen molar-refractivity contribution < 1.29 is 23.6 Å². The maximum atomic E-state index is 14.0. The van der Waals surface area contributed by atoms with Crippen molar-refractivity contribution in [1.29, 1.82) is 0 Å². The minimum atomic E-state index is -0.749. The van der Waals surface area contributed by atoms with E-state index in [1.807, 2.05) is 20.8 Å². The van der Waals surface area contributed by atoms with Crippen molar-refractivity contribution in [2.24, 2.45) is 5.41 Å². The first-order valence-electron chi connectivity index (χ1n) is 15.3. The Morgan fingerprint density at radius 1 is 1.09 bits per heavy atom. The summed E-state index contributed by atoms with van der Waals surface area (Å²) >= 11 is 0. The van der Waals surface area contributed by atoms with Gasteiger partial charge in [-0.2, -0.15) is 0 Å². The minimum Gasteiger partial charge on any atom is -0.342 e. The van der Waals surface area contributed by atoms with E-state index < -0.39 is 17.5 Å². The quantitative estimate of drug-likeness (QED) is 0.302. The van der Waals surface area contributed by atoms with Crippen LogP contribution in [0.25, 0.3) is 5.65 Å². The van der Waals surface area contributed by atoms with E-state index in [0.717, 1.165) is 12.0 Å². The number of hydrogen-bond acceptors (Lipinski definition) is 6. The zero-order valence-corrected chi connectivity index (χ0v) is 26.9. The number of likely N-dealkylation sites (N-methyl/N-ethyl adjacent to an activating group) is 1. The highest BCUT2D eigenvalue weighted by Gasteiger charge is 2.41. The molecule has 45 heavy (non-hydrogen) atoms. The van der Waals surface area contributed by atoms with E-state index in [0.29, 0.717) is 37.3 Å². The Bertz CT molecular complexity index is 1530. The number of benzene rings is 1. The lowest BCUT2D eigenvalue weighted by molar-refractivity contribution is -0.140. The lowest BCUT2D eigenvalue weighted by Crippen LogP contribution is -2.59. The van der Waals surface area contributed by atoms with Gasteiger partial charge in [-0.05, 0) is 68.5 Å². The summed E-state index contributed by atoms with van der Waals surface area (Å²) in [6.07, 6.45) is 5.27. The first kappa shape index (κ1) is 33.6. The molecule has 3 atom stereocenters. The molecule has 0 saturated carbocycles. The van der Waals surface area contributed by atoms with Gasteiger partial charge in [-0.1, -0.05) is 32.9 Å². The van der Waals surface area contributed by atoms with Crippen molar-refractivity contribution in [3.63, 3.8) is 0 Å². The van der Waals surface area contributed by atoms with E-state index in [9.17, 15) is 23.6 Å². The topological polar surface area (TPSA) is 128 Å². The fraction of sp³-hybridized carbons (Fsp3) is 0.485. The van der Waals surface area contributed by atoms with Crippen LogP contribution in [0.1, 0.15) is 63.5 Å². The highest BCUT2D eigenvalue weighted by Crippen LogP contribution is 2.27. The second-order valence-electron chi connectivity index (χ2n) is 12.8. The Morgan fingerprint density at radius 2 is 1.80 bits per heavy atom. The van der Waals surface area contributed by atoms with Crippen molar-refractivity contribution in [3.05, 3.63) is 65.9 Å². The monoisotopic (exact) mass is 621 g/mol. The maximum Gasteiger partial charge on any atom is 0.274 e. The van der Waals surface area contributed by atoms with Crippen LogP contribution in [0.5, 0.6) is 0 Å². The molecule has 12 heteroatoms. The van der Waals surface area contributed by atoms with Crippen LogP contribution in [-0.2, 0) is 20.8 Å². The molecule has 3 heterocycles. The number of imidazole rings is 1. The van der Waals surface area contributed by atoms with Gasteiger partial charge in [0.25, 0.3) is 5.91 Å². The van der Waals surface area contributed by atoms with Crippen molar-refractivity contribution in [2.75, 3.05) is 32.0 Å². The summed E-state index contributed by atoms with van der Waals surface area (Å²) in [5.74, 6) is -1.28. The van der Waals surface area contributed by atoms with Gasteiger partial charge in [0, 0.05) is 45.0 Å². The third kappa shape index (κ3) is 8.44. The standard InChI is InChI=1S/C33H44FN7O4/c1-21(35-6)30(43)38-29(33(3,4)5)32(45)41-16-7-8-26(41)19-39(17-15-23-9-11-24(34)12-10-23)31(44)27-20-40-18-25(36-22(2)42)13-14-28(40)37-27/h9-14,18,20-21,26,29,35H,7-8,15-17,19H2,1-6H3,(H,36,42)(H,38,43)/t21-,26-,29+/m0/s1. The van der Waals surface area contributed by atoms with Gasteiger partial charge in [0.05, 0.1) is 11.7 Å². The van der Waals surface area contributed by atoms with Gasteiger partial charge in [-0.25, -0.2) is 9.37 Å². The minimum absolute atomic E-state index is 0.175. The van der Waals surface area contributed by atoms with E-state index in [2.05, 4.69) is 20.9 Å². The molecule has 1 fully saturated rings. The lowest BCUT2D eigenvalue weighted by Gasteiger charge is -2.37. The van der Waals surface area contributed by atoms with Crippen LogP contribution < -0.4 is 16.0 Å².